The van der Waals surface area contributed by atoms with Crippen LogP contribution in [0.1, 0.15) is 5.01 Å². The Morgan fingerprint density at radius 1 is 1.45 bits per heavy atom. The first-order valence-corrected chi connectivity index (χ1v) is 6.49. The van der Waals surface area contributed by atoms with E-state index in [1.165, 1.54) is 15.9 Å². The van der Waals surface area contributed by atoms with Gasteiger partial charge in [-0.3, -0.25) is 4.79 Å². The number of hydrogen-bond donors (Lipinski definition) is 1. The van der Waals surface area contributed by atoms with Crippen molar-refractivity contribution in [1.29, 1.82) is 5.26 Å². The zero-order valence-electron chi connectivity index (χ0n) is 10.7. The Hall–Kier alpha value is -2.73. The van der Waals surface area contributed by atoms with Crippen LogP contribution in [-0.2, 0) is 0 Å². The molecule has 1 N–H and O–H groups in total. The molecule has 3 heterocycles. The van der Waals surface area contributed by atoms with Crippen LogP contribution in [0.3, 0.4) is 0 Å². The summed E-state index contributed by atoms with van der Waals surface area (Å²) in [7, 11) is 1.73. The molecule has 0 aliphatic heterocycles. The third-order valence-corrected chi connectivity index (χ3v) is 3.63. The SMILES string of the molecule is CNc1cnc2c(-c3nnc(C)s3)c(=O)n(C#N)n2c1. The molecular weight excluding hydrogens is 278 g/mol. The number of rotatable bonds is 2. The van der Waals surface area contributed by atoms with Crippen LogP contribution in [0.2, 0.25) is 0 Å². The minimum absolute atomic E-state index is 0.291. The zero-order valence-corrected chi connectivity index (χ0v) is 11.5. The zero-order chi connectivity index (χ0) is 14.3. The van der Waals surface area contributed by atoms with Gasteiger partial charge in [-0.2, -0.15) is 5.26 Å². The molecule has 8 nitrogen and oxygen atoms in total. The summed E-state index contributed by atoms with van der Waals surface area (Å²) in [6, 6.07) is 0. The van der Waals surface area contributed by atoms with Crippen molar-refractivity contribution >= 4 is 22.7 Å². The van der Waals surface area contributed by atoms with Crippen molar-refractivity contribution in [3.63, 3.8) is 0 Å². The van der Waals surface area contributed by atoms with Gasteiger partial charge in [-0.15, -0.1) is 14.9 Å². The molecule has 3 aromatic heterocycles. The fourth-order valence-electron chi connectivity index (χ4n) is 1.85. The van der Waals surface area contributed by atoms with E-state index in [9.17, 15) is 4.79 Å². The minimum Gasteiger partial charge on any atom is -0.386 e. The van der Waals surface area contributed by atoms with E-state index < -0.39 is 5.56 Å². The molecular formula is C11H9N7OS. The van der Waals surface area contributed by atoms with Crippen molar-refractivity contribution in [2.24, 2.45) is 0 Å². The first kappa shape index (κ1) is 12.3. The largest absolute Gasteiger partial charge is 0.386 e. The maximum atomic E-state index is 12.3. The van der Waals surface area contributed by atoms with Crippen molar-refractivity contribution in [3.05, 3.63) is 27.8 Å². The van der Waals surface area contributed by atoms with E-state index in [0.29, 0.717) is 21.9 Å². The number of aromatic nitrogens is 5. The predicted molar refractivity (Wildman–Crippen MR) is 73.6 cm³/mol. The van der Waals surface area contributed by atoms with Crippen molar-refractivity contribution in [1.82, 2.24) is 24.4 Å². The van der Waals surface area contributed by atoms with Gasteiger partial charge in [-0.1, -0.05) is 11.3 Å². The quantitative estimate of drug-likeness (QED) is 0.744. The average Bonchev–Trinajstić information content (AvgIpc) is 2.98. The fraction of sp³-hybridized carbons (Fsp3) is 0.182. The number of aryl methyl sites for hydroxylation is 1. The Morgan fingerprint density at radius 2 is 2.25 bits per heavy atom. The molecule has 9 heteroatoms. The highest BCUT2D eigenvalue weighted by atomic mass is 32.1. The minimum atomic E-state index is -0.454. The molecule has 0 saturated carbocycles. The second-order valence-electron chi connectivity index (χ2n) is 3.98. The highest BCUT2D eigenvalue weighted by Crippen LogP contribution is 2.24. The molecule has 0 aromatic carbocycles. The van der Waals surface area contributed by atoms with Gasteiger partial charge in [0.2, 0.25) is 6.19 Å². The number of nitrogens with one attached hydrogen (secondary N) is 1. The molecule has 0 amide bonds. The van der Waals surface area contributed by atoms with Gasteiger partial charge in [0.1, 0.15) is 10.6 Å². The summed E-state index contributed by atoms with van der Waals surface area (Å²) < 4.78 is 2.34. The van der Waals surface area contributed by atoms with Gasteiger partial charge in [0.25, 0.3) is 5.56 Å². The molecule has 0 bridgehead atoms. The van der Waals surface area contributed by atoms with Crippen molar-refractivity contribution in [2.75, 3.05) is 12.4 Å². The van der Waals surface area contributed by atoms with Crippen LogP contribution in [0.15, 0.2) is 17.2 Å². The summed E-state index contributed by atoms with van der Waals surface area (Å²) in [4.78, 5) is 16.6. The molecule has 0 unspecified atom stereocenters. The summed E-state index contributed by atoms with van der Waals surface area (Å²) >= 11 is 1.29. The lowest BCUT2D eigenvalue weighted by Gasteiger charge is -2.01. The Bertz CT molecular complexity index is 898. The highest BCUT2D eigenvalue weighted by Gasteiger charge is 2.20. The number of nitrogens with zero attached hydrogens (tertiary/aromatic N) is 6. The smallest absolute Gasteiger partial charge is 0.293 e. The Balaban J connectivity index is 2.42. The van der Waals surface area contributed by atoms with Gasteiger partial charge >= 0.3 is 0 Å². The third-order valence-electron chi connectivity index (χ3n) is 2.77. The second kappa shape index (κ2) is 4.43. The van der Waals surface area contributed by atoms with Gasteiger partial charge < -0.3 is 5.32 Å². The van der Waals surface area contributed by atoms with Gasteiger partial charge in [0.15, 0.2) is 10.7 Å². The molecule has 0 fully saturated rings. The maximum absolute atomic E-state index is 12.3. The number of nitriles is 1. The summed E-state index contributed by atoms with van der Waals surface area (Å²) in [6.45, 7) is 1.80. The Morgan fingerprint density at radius 3 is 2.85 bits per heavy atom. The molecule has 0 atom stereocenters. The van der Waals surface area contributed by atoms with E-state index in [4.69, 9.17) is 5.26 Å². The first-order valence-electron chi connectivity index (χ1n) is 5.67. The van der Waals surface area contributed by atoms with Crippen LogP contribution in [0.5, 0.6) is 0 Å². The number of anilines is 1. The number of fused-ring (bicyclic) bond motifs is 1. The van der Waals surface area contributed by atoms with Crippen LogP contribution >= 0.6 is 11.3 Å². The molecule has 0 aliphatic carbocycles. The topological polar surface area (TPSA) is 101 Å². The summed E-state index contributed by atoms with van der Waals surface area (Å²) in [5, 5.41) is 21.1. The van der Waals surface area contributed by atoms with Gasteiger partial charge in [0, 0.05) is 7.05 Å². The standard InChI is InChI=1S/C11H9N7OS/c1-6-15-16-10(20-6)8-9-14-3-7(13-2)4-17(9)18(5-12)11(8)19/h3-4,13H,1-2H3. The van der Waals surface area contributed by atoms with Gasteiger partial charge in [-0.05, 0) is 6.92 Å². The molecule has 0 saturated heterocycles. The van der Waals surface area contributed by atoms with Crippen LogP contribution in [0.4, 0.5) is 5.69 Å². The number of hydrogen-bond acceptors (Lipinski definition) is 7. The van der Waals surface area contributed by atoms with E-state index in [0.717, 1.165) is 9.69 Å². The van der Waals surface area contributed by atoms with Gasteiger partial charge in [-0.25, -0.2) is 9.50 Å². The lowest BCUT2D eigenvalue weighted by atomic mass is 10.3. The lowest BCUT2D eigenvalue weighted by molar-refractivity contribution is 0.780. The summed E-state index contributed by atoms with van der Waals surface area (Å²) in [6.07, 6.45) is 5.06. The maximum Gasteiger partial charge on any atom is 0.293 e. The molecule has 0 spiro atoms. The Labute approximate surface area is 116 Å². The third kappa shape index (κ3) is 1.66. The van der Waals surface area contributed by atoms with Crippen molar-refractivity contribution in [2.45, 2.75) is 6.92 Å². The molecule has 20 heavy (non-hydrogen) atoms. The fourth-order valence-corrected chi connectivity index (χ4v) is 2.58. The van der Waals surface area contributed by atoms with Crippen molar-refractivity contribution in [3.8, 4) is 16.8 Å². The van der Waals surface area contributed by atoms with E-state index >= 15 is 0 Å². The van der Waals surface area contributed by atoms with Gasteiger partial charge in [0.05, 0.1) is 18.1 Å². The van der Waals surface area contributed by atoms with Crippen molar-refractivity contribution < 1.29 is 0 Å². The van der Waals surface area contributed by atoms with Crippen LogP contribution in [0.25, 0.3) is 16.2 Å². The molecule has 0 aliphatic rings. The first-order chi connectivity index (χ1) is 9.65. The van der Waals surface area contributed by atoms with E-state index in [-0.39, 0.29) is 0 Å². The Kier molecular flexibility index (Phi) is 2.73. The van der Waals surface area contributed by atoms with E-state index in [2.05, 4.69) is 20.5 Å². The lowest BCUT2D eigenvalue weighted by Crippen LogP contribution is -2.16. The summed E-state index contributed by atoms with van der Waals surface area (Å²) in [5.74, 6) is 0. The molecule has 3 aromatic rings. The molecule has 0 radical (unpaired) electrons. The average molecular weight is 287 g/mol. The van der Waals surface area contributed by atoms with Crippen LogP contribution < -0.4 is 10.9 Å². The molecule has 3 rings (SSSR count). The van der Waals surface area contributed by atoms with Crippen LogP contribution in [0, 0.1) is 18.4 Å². The van der Waals surface area contributed by atoms with Crippen LogP contribution in [-0.4, -0.2) is 31.4 Å². The predicted octanol–water partition coefficient (Wildman–Crippen LogP) is 0.694. The van der Waals surface area contributed by atoms with E-state index in [1.54, 1.807) is 26.4 Å². The highest BCUT2D eigenvalue weighted by molar-refractivity contribution is 7.14. The summed E-state index contributed by atoms with van der Waals surface area (Å²) in [5.41, 5.74) is 0.910. The monoisotopic (exact) mass is 287 g/mol. The normalized spacial score (nSPS) is 10.7. The molecule has 100 valence electrons. The second-order valence-corrected chi connectivity index (χ2v) is 5.16. The van der Waals surface area contributed by atoms with E-state index in [1.807, 2.05) is 6.19 Å².